The van der Waals surface area contributed by atoms with Crippen LogP contribution >= 0.6 is 0 Å². The molecule has 1 aliphatic heterocycles. The third-order valence-electron chi connectivity index (χ3n) is 2.79. The highest BCUT2D eigenvalue weighted by Gasteiger charge is 2.15. The minimum atomic E-state index is -0.178. The maximum absolute atomic E-state index is 12.8. The molecule has 0 bridgehead atoms. The van der Waals surface area contributed by atoms with Crippen LogP contribution < -0.4 is 5.32 Å². The van der Waals surface area contributed by atoms with Crippen LogP contribution in [0.25, 0.3) is 0 Å². The van der Waals surface area contributed by atoms with E-state index < -0.39 is 0 Å². The van der Waals surface area contributed by atoms with E-state index in [1.807, 2.05) is 6.92 Å². The Hall–Kier alpha value is -1.09. The lowest BCUT2D eigenvalue weighted by Gasteiger charge is -2.12. The molecule has 2 nitrogen and oxygen atoms in total. The SMILES string of the molecule is Cc1cc(F)ccc1NCC1CCOC1. The molecule has 1 N–H and O–H groups in total. The van der Waals surface area contributed by atoms with Gasteiger partial charge in [-0.25, -0.2) is 4.39 Å². The minimum absolute atomic E-state index is 0.178. The molecular weight excluding hydrogens is 193 g/mol. The topological polar surface area (TPSA) is 21.3 Å². The Labute approximate surface area is 89.4 Å². The van der Waals surface area contributed by atoms with Crippen LogP contribution in [0.4, 0.5) is 10.1 Å². The summed E-state index contributed by atoms with van der Waals surface area (Å²) < 4.78 is 18.1. The Kier molecular flexibility index (Phi) is 3.21. The van der Waals surface area contributed by atoms with E-state index in [0.717, 1.165) is 37.4 Å². The highest BCUT2D eigenvalue weighted by Crippen LogP contribution is 2.18. The van der Waals surface area contributed by atoms with E-state index in [1.165, 1.54) is 6.07 Å². The molecule has 3 heteroatoms. The molecule has 0 aromatic heterocycles. The summed E-state index contributed by atoms with van der Waals surface area (Å²) in [6, 6.07) is 4.83. The molecule has 1 atom stereocenters. The van der Waals surface area contributed by atoms with Gasteiger partial charge in [0.15, 0.2) is 0 Å². The molecule has 82 valence electrons. The normalized spacial score (nSPS) is 20.5. The zero-order chi connectivity index (χ0) is 10.7. The summed E-state index contributed by atoms with van der Waals surface area (Å²) in [7, 11) is 0. The first-order valence-electron chi connectivity index (χ1n) is 5.33. The fraction of sp³-hybridized carbons (Fsp3) is 0.500. The van der Waals surface area contributed by atoms with Crippen LogP contribution in [0.1, 0.15) is 12.0 Å². The van der Waals surface area contributed by atoms with Gasteiger partial charge in [-0.3, -0.25) is 0 Å². The lowest BCUT2D eigenvalue weighted by molar-refractivity contribution is 0.187. The fourth-order valence-electron chi connectivity index (χ4n) is 1.82. The van der Waals surface area contributed by atoms with Gasteiger partial charge in [-0.2, -0.15) is 0 Å². The van der Waals surface area contributed by atoms with Crippen molar-refractivity contribution in [2.45, 2.75) is 13.3 Å². The van der Waals surface area contributed by atoms with Crippen LogP contribution in [0.3, 0.4) is 0 Å². The van der Waals surface area contributed by atoms with Crippen molar-refractivity contribution in [3.05, 3.63) is 29.6 Å². The van der Waals surface area contributed by atoms with Gasteiger partial charge in [-0.15, -0.1) is 0 Å². The number of halogens is 1. The Bertz CT molecular complexity index is 334. The van der Waals surface area contributed by atoms with E-state index in [2.05, 4.69) is 5.32 Å². The maximum atomic E-state index is 12.8. The van der Waals surface area contributed by atoms with Crippen molar-refractivity contribution in [3.63, 3.8) is 0 Å². The van der Waals surface area contributed by atoms with Crippen LogP contribution in [-0.4, -0.2) is 19.8 Å². The zero-order valence-corrected chi connectivity index (χ0v) is 8.92. The number of hydrogen-bond donors (Lipinski definition) is 1. The van der Waals surface area contributed by atoms with Crippen LogP contribution in [0.2, 0.25) is 0 Å². The monoisotopic (exact) mass is 209 g/mol. The van der Waals surface area contributed by atoms with Crippen molar-refractivity contribution in [3.8, 4) is 0 Å². The molecule has 0 aliphatic carbocycles. The summed E-state index contributed by atoms with van der Waals surface area (Å²) in [4.78, 5) is 0. The lowest BCUT2D eigenvalue weighted by Crippen LogP contribution is -2.14. The van der Waals surface area contributed by atoms with Gasteiger partial charge in [-0.05, 0) is 37.1 Å². The van der Waals surface area contributed by atoms with E-state index in [0.29, 0.717) is 5.92 Å². The summed E-state index contributed by atoms with van der Waals surface area (Å²) in [5.74, 6) is 0.414. The fourth-order valence-corrected chi connectivity index (χ4v) is 1.82. The maximum Gasteiger partial charge on any atom is 0.123 e. The van der Waals surface area contributed by atoms with Gasteiger partial charge in [0.1, 0.15) is 5.82 Å². The van der Waals surface area contributed by atoms with Crippen molar-refractivity contribution < 1.29 is 9.13 Å². The van der Waals surface area contributed by atoms with Gasteiger partial charge in [0.2, 0.25) is 0 Å². The van der Waals surface area contributed by atoms with Gasteiger partial charge in [0.25, 0.3) is 0 Å². The first kappa shape index (κ1) is 10.4. The van der Waals surface area contributed by atoms with Crippen molar-refractivity contribution >= 4 is 5.69 Å². The first-order valence-corrected chi connectivity index (χ1v) is 5.33. The zero-order valence-electron chi connectivity index (χ0n) is 8.92. The van der Waals surface area contributed by atoms with Crippen LogP contribution in [0.5, 0.6) is 0 Å². The van der Waals surface area contributed by atoms with Gasteiger partial charge < -0.3 is 10.1 Å². The van der Waals surface area contributed by atoms with Gasteiger partial charge in [-0.1, -0.05) is 0 Å². The summed E-state index contributed by atoms with van der Waals surface area (Å²) in [5, 5.41) is 3.34. The predicted octanol–water partition coefficient (Wildman–Crippen LogP) is 2.58. The van der Waals surface area contributed by atoms with Crippen LogP contribution in [0.15, 0.2) is 18.2 Å². The molecule has 1 aromatic carbocycles. The molecule has 1 unspecified atom stereocenters. The Morgan fingerprint density at radius 1 is 1.53 bits per heavy atom. The van der Waals surface area contributed by atoms with E-state index in [1.54, 1.807) is 12.1 Å². The standard InChI is InChI=1S/C12H16FNO/c1-9-6-11(13)2-3-12(9)14-7-10-4-5-15-8-10/h2-3,6,10,14H,4-5,7-8H2,1H3. The molecule has 2 rings (SSSR count). The number of benzene rings is 1. The highest BCUT2D eigenvalue weighted by atomic mass is 19.1. The second-order valence-electron chi connectivity index (χ2n) is 4.07. The number of aryl methyl sites for hydroxylation is 1. The van der Waals surface area contributed by atoms with E-state index in [9.17, 15) is 4.39 Å². The smallest absolute Gasteiger partial charge is 0.123 e. The molecule has 0 amide bonds. The Morgan fingerprint density at radius 2 is 2.40 bits per heavy atom. The molecule has 1 heterocycles. The summed E-state index contributed by atoms with van der Waals surface area (Å²) in [6.45, 7) is 4.53. The Balaban J connectivity index is 1.92. The molecule has 0 radical (unpaired) electrons. The quantitative estimate of drug-likeness (QED) is 0.826. The second kappa shape index (κ2) is 4.62. The van der Waals surface area contributed by atoms with E-state index >= 15 is 0 Å². The van der Waals surface area contributed by atoms with Gasteiger partial charge >= 0.3 is 0 Å². The van der Waals surface area contributed by atoms with Crippen LogP contribution in [0, 0.1) is 18.7 Å². The van der Waals surface area contributed by atoms with Gasteiger partial charge in [0.05, 0.1) is 6.61 Å². The summed E-state index contributed by atoms with van der Waals surface area (Å²) in [5.41, 5.74) is 1.97. The molecule has 1 saturated heterocycles. The molecule has 1 fully saturated rings. The van der Waals surface area contributed by atoms with Crippen LogP contribution in [-0.2, 0) is 4.74 Å². The summed E-state index contributed by atoms with van der Waals surface area (Å²) in [6.07, 6.45) is 1.12. The molecule has 1 aliphatic rings. The van der Waals surface area contributed by atoms with Crippen molar-refractivity contribution in [2.24, 2.45) is 5.92 Å². The average Bonchev–Trinajstić information content (AvgIpc) is 2.69. The van der Waals surface area contributed by atoms with E-state index in [-0.39, 0.29) is 5.82 Å². The van der Waals surface area contributed by atoms with E-state index in [4.69, 9.17) is 4.74 Å². The Morgan fingerprint density at radius 3 is 3.07 bits per heavy atom. The number of hydrogen-bond acceptors (Lipinski definition) is 2. The summed E-state index contributed by atoms with van der Waals surface area (Å²) >= 11 is 0. The predicted molar refractivity (Wildman–Crippen MR) is 58.6 cm³/mol. The number of nitrogens with one attached hydrogen (secondary N) is 1. The number of ether oxygens (including phenoxy) is 1. The second-order valence-corrected chi connectivity index (χ2v) is 4.07. The largest absolute Gasteiger partial charge is 0.384 e. The average molecular weight is 209 g/mol. The molecular formula is C12H16FNO. The number of rotatable bonds is 3. The minimum Gasteiger partial charge on any atom is -0.384 e. The highest BCUT2D eigenvalue weighted by molar-refractivity contribution is 5.50. The number of anilines is 1. The van der Waals surface area contributed by atoms with Crippen molar-refractivity contribution in [1.82, 2.24) is 0 Å². The third-order valence-corrected chi connectivity index (χ3v) is 2.79. The molecule has 1 aromatic rings. The van der Waals surface area contributed by atoms with Gasteiger partial charge in [0, 0.05) is 24.8 Å². The third kappa shape index (κ3) is 2.69. The van der Waals surface area contributed by atoms with Crippen molar-refractivity contribution in [2.75, 3.05) is 25.1 Å². The molecule has 0 spiro atoms. The molecule has 0 saturated carbocycles. The molecule has 15 heavy (non-hydrogen) atoms. The lowest BCUT2D eigenvalue weighted by atomic mass is 10.1. The van der Waals surface area contributed by atoms with Crippen molar-refractivity contribution in [1.29, 1.82) is 0 Å². The first-order chi connectivity index (χ1) is 7.25.